The van der Waals surface area contributed by atoms with Gasteiger partial charge in [0.15, 0.2) is 0 Å². The van der Waals surface area contributed by atoms with E-state index in [0.29, 0.717) is 6.54 Å². The Balaban J connectivity index is 2.24. The minimum Gasteiger partial charge on any atom is -0.313 e. The van der Waals surface area contributed by atoms with Gasteiger partial charge in [-0.2, -0.15) is 0 Å². The summed E-state index contributed by atoms with van der Waals surface area (Å²) in [5, 5.41) is 3.32. The van der Waals surface area contributed by atoms with E-state index in [-0.39, 0.29) is 0 Å². The monoisotopic (exact) mass is 270 g/mol. The van der Waals surface area contributed by atoms with Gasteiger partial charge in [-0.05, 0) is 43.5 Å². The van der Waals surface area contributed by atoms with E-state index in [1.807, 2.05) is 0 Å². The van der Waals surface area contributed by atoms with Gasteiger partial charge < -0.3 is 5.32 Å². The van der Waals surface area contributed by atoms with E-state index in [2.05, 4.69) is 42.1 Å². The molecule has 18 heavy (non-hydrogen) atoms. The fourth-order valence-corrected chi connectivity index (χ4v) is 2.21. The zero-order valence-corrected chi connectivity index (χ0v) is 12.1. The zero-order valence-electron chi connectivity index (χ0n) is 11.3. The molecule has 0 aromatic heterocycles. The highest BCUT2D eigenvalue weighted by Crippen LogP contribution is 2.11. The Morgan fingerprint density at radius 1 is 1.17 bits per heavy atom. The molecule has 0 heterocycles. The molecule has 0 bridgehead atoms. The molecule has 0 unspecified atom stereocenters. The van der Waals surface area contributed by atoms with Crippen molar-refractivity contribution in [2.24, 2.45) is 0 Å². The highest BCUT2D eigenvalue weighted by atomic mass is 32.2. The number of hydrogen-bond donors (Lipinski definition) is 2. The van der Waals surface area contributed by atoms with Gasteiger partial charge in [0.2, 0.25) is 10.0 Å². The first-order valence-electron chi connectivity index (χ1n) is 6.10. The first-order chi connectivity index (χ1) is 8.40. The van der Waals surface area contributed by atoms with E-state index < -0.39 is 10.0 Å². The fraction of sp³-hybridized carbons (Fsp3) is 0.538. The molecule has 0 aliphatic rings. The van der Waals surface area contributed by atoms with Gasteiger partial charge in [0.1, 0.15) is 0 Å². The molecule has 0 fully saturated rings. The molecule has 1 aromatic rings. The number of hydrogen-bond acceptors (Lipinski definition) is 3. The van der Waals surface area contributed by atoms with Gasteiger partial charge in [-0.15, -0.1) is 0 Å². The van der Waals surface area contributed by atoms with Crippen LogP contribution in [0.4, 0.5) is 0 Å². The average molecular weight is 270 g/mol. The van der Waals surface area contributed by atoms with Crippen LogP contribution < -0.4 is 10.0 Å². The third-order valence-electron chi connectivity index (χ3n) is 2.93. The second-order valence-electron chi connectivity index (χ2n) is 4.56. The van der Waals surface area contributed by atoms with E-state index in [0.717, 1.165) is 19.5 Å². The predicted molar refractivity (Wildman–Crippen MR) is 75.1 cm³/mol. The van der Waals surface area contributed by atoms with Crippen molar-refractivity contribution in [3.63, 3.8) is 0 Å². The van der Waals surface area contributed by atoms with Crippen LogP contribution in [0, 0.1) is 13.8 Å². The van der Waals surface area contributed by atoms with E-state index in [9.17, 15) is 8.42 Å². The molecule has 0 aliphatic carbocycles. The standard InChI is InChI=1S/C13H22N2O2S/c1-11-6-4-7-13(12(11)2)10-14-8-5-9-15-18(3,16)17/h4,6-7,14-15H,5,8-10H2,1-3H3. The third kappa shape index (κ3) is 5.62. The Bertz CT molecular complexity index is 484. The topological polar surface area (TPSA) is 58.2 Å². The predicted octanol–water partition coefficient (Wildman–Crippen LogP) is 1.33. The third-order valence-corrected chi connectivity index (χ3v) is 3.66. The van der Waals surface area contributed by atoms with Crippen molar-refractivity contribution in [2.75, 3.05) is 19.3 Å². The quantitative estimate of drug-likeness (QED) is 0.735. The zero-order chi connectivity index (χ0) is 13.6. The van der Waals surface area contributed by atoms with Crippen LogP contribution in [0.1, 0.15) is 23.1 Å². The maximum absolute atomic E-state index is 10.8. The highest BCUT2D eigenvalue weighted by Gasteiger charge is 2.01. The lowest BCUT2D eigenvalue weighted by Crippen LogP contribution is -2.26. The van der Waals surface area contributed by atoms with Crippen LogP contribution in [-0.2, 0) is 16.6 Å². The van der Waals surface area contributed by atoms with Crippen molar-refractivity contribution in [3.8, 4) is 0 Å². The summed E-state index contributed by atoms with van der Waals surface area (Å²) < 4.78 is 24.1. The molecule has 102 valence electrons. The van der Waals surface area contributed by atoms with Crippen molar-refractivity contribution >= 4 is 10.0 Å². The Kier molecular flexibility index (Phi) is 5.78. The van der Waals surface area contributed by atoms with Gasteiger partial charge in [0.25, 0.3) is 0 Å². The van der Waals surface area contributed by atoms with Crippen molar-refractivity contribution in [3.05, 3.63) is 34.9 Å². The molecular weight excluding hydrogens is 248 g/mol. The Labute approximate surface area is 110 Å². The van der Waals surface area contributed by atoms with E-state index in [1.165, 1.54) is 22.9 Å². The molecule has 2 N–H and O–H groups in total. The summed E-state index contributed by atoms with van der Waals surface area (Å²) in [6, 6.07) is 6.28. The number of aryl methyl sites for hydroxylation is 1. The summed E-state index contributed by atoms with van der Waals surface area (Å²) in [5.74, 6) is 0. The molecule has 0 saturated heterocycles. The van der Waals surface area contributed by atoms with Crippen molar-refractivity contribution < 1.29 is 8.42 Å². The second kappa shape index (κ2) is 6.87. The first kappa shape index (κ1) is 15.1. The van der Waals surface area contributed by atoms with Gasteiger partial charge in [-0.25, -0.2) is 13.1 Å². The van der Waals surface area contributed by atoms with Crippen molar-refractivity contribution in [2.45, 2.75) is 26.8 Å². The molecule has 4 nitrogen and oxygen atoms in total. The largest absolute Gasteiger partial charge is 0.313 e. The average Bonchev–Trinajstić information content (AvgIpc) is 2.27. The molecule has 0 amide bonds. The van der Waals surface area contributed by atoms with Gasteiger partial charge in [0, 0.05) is 13.1 Å². The van der Waals surface area contributed by atoms with E-state index >= 15 is 0 Å². The lowest BCUT2D eigenvalue weighted by Gasteiger charge is -2.09. The Morgan fingerprint density at radius 3 is 2.56 bits per heavy atom. The molecule has 0 aliphatic heterocycles. The van der Waals surface area contributed by atoms with Crippen molar-refractivity contribution in [1.29, 1.82) is 0 Å². The van der Waals surface area contributed by atoms with Gasteiger partial charge >= 0.3 is 0 Å². The normalized spacial score (nSPS) is 11.7. The number of sulfonamides is 1. The fourth-order valence-electron chi connectivity index (χ4n) is 1.70. The number of nitrogens with one attached hydrogen (secondary N) is 2. The van der Waals surface area contributed by atoms with E-state index in [4.69, 9.17) is 0 Å². The van der Waals surface area contributed by atoms with Gasteiger partial charge in [-0.1, -0.05) is 18.2 Å². The minimum absolute atomic E-state index is 0.485. The minimum atomic E-state index is -3.05. The summed E-state index contributed by atoms with van der Waals surface area (Å²) in [6.45, 7) is 6.34. The Morgan fingerprint density at radius 2 is 1.89 bits per heavy atom. The van der Waals surface area contributed by atoms with Crippen LogP contribution in [-0.4, -0.2) is 27.8 Å². The summed E-state index contributed by atoms with van der Waals surface area (Å²) in [6.07, 6.45) is 1.97. The summed E-state index contributed by atoms with van der Waals surface area (Å²) in [5.41, 5.74) is 3.92. The summed E-state index contributed by atoms with van der Waals surface area (Å²) >= 11 is 0. The SMILES string of the molecule is Cc1cccc(CNCCCNS(C)(=O)=O)c1C. The number of benzene rings is 1. The molecule has 1 aromatic carbocycles. The van der Waals surface area contributed by atoms with Crippen LogP contribution in [0.3, 0.4) is 0 Å². The lowest BCUT2D eigenvalue weighted by atomic mass is 10.0. The van der Waals surface area contributed by atoms with Crippen LogP contribution in [0.2, 0.25) is 0 Å². The molecule has 0 radical (unpaired) electrons. The van der Waals surface area contributed by atoms with Crippen LogP contribution in [0.15, 0.2) is 18.2 Å². The molecule has 1 rings (SSSR count). The number of rotatable bonds is 7. The molecule has 5 heteroatoms. The van der Waals surface area contributed by atoms with Crippen LogP contribution in [0.25, 0.3) is 0 Å². The first-order valence-corrected chi connectivity index (χ1v) is 8.00. The van der Waals surface area contributed by atoms with Gasteiger partial charge in [0.05, 0.1) is 6.26 Å². The molecule has 0 spiro atoms. The maximum Gasteiger partial charge on any atom is 0.208 e. The summed E-state index contributed by atoms with van der Waals surface area (Å²) in [7, 11) is -3.05. The molecule has 0 saturated carbocycles. The maximum atomic E-state index is 10.8. The second-order valence-corrected chi connectivity index (χ2v) is 6.39. The Hall–Kier alpha value is -0.910. The van der Waals surface area contributed by atoms with Crippen LogP contribution >= 0.6 is 0 Å². The van der Waals surface area contributed by atoms with Crippen molar-refractivity contribution in [1.82, 2.24) is 10.0 Å². The lowest BCUT2D eigenvalue weighted by molar-refractivity contribution is 0.579. The smallest absolute Gasteiger partial charge is 0.208 e. The van der Waals surface area contributed by atoms with E-state index in [1.54, 1.807) is 0 Å². The molecular formula is C13H22N2O2S. The van der Waals surface area contributed by atoms with Gasteiger partial charge in [-0.3, -0.25) is 0 Å². The highest BCUT2D eigenvalue weighted by molar-refractivity contribution is 7.88. The van der Waals surface area contributed by atoms with Crippen LogP contribution in [0.5, 0.6) is 0 Å². The molecule has 0 atom stereocenters. The summed E-state index contributed by atoms with van der Waals surface area (Å²) in [4.78, 5) is 0.